The maximum absolute atomic E-state index is 13.8. The van der Waals surface area contributed by atoms with Gasteiger partial charge >= 0.3 is 0 Å². The second-order valence-corrected chi connectivity index (χ2v) is 8.62. The van der Waals surface area contributed by atoms with Gasteiger partial charge in [-0.25, -0.2) is 4.98 Å². The second kappa shape index (κ2) is 7.80. The van der Waals surface area contributed by atoms with Gasteiger partial charge in [0.2, 0.25) is 0 Å². The Labute approximate surface area is 177 Å². The monoisotopic (exact) mass is 401 g/mol. The highest BCUT2D eigenvalue weighted by Crippen LogP contribution is 2.46. The van der Waals surface area contributed by atoms with Crippen LogP contribution < -0.4 is 0 Å². The Hall–Kier alpha value is -2.79. The molecule has 5 heteroatoms. The number of amides is 1. The first kappa shape index (κ1) is 19.2. The fourth-order valence-corrected chi connectivity index (χ4v) is 5.46. The summed E-state index contributed by atoms with van der Waals surface area (Å²) in [4.78, 5) is 24.8. The number of carbonyl (C=O) groups is 1. The summed E-state index contributed by atoms with van der Waals surface area (Å²) in [5.74, 6) is 0.0968. The van der Waals surface area contributed by atoms with E-state index < -0.39 is 0 Å². The van der Waals surface area contributed by atoms with Crippen LogP contribution in [-0.2, 0) is 4.74 Å². The van der Waals surface area contributed by atoms with Crippen LogP contribution in [0.1, 0.15) is 42.5 Å². The first-order chi connectivity index (χ1) is 14.7. The molecule has 0 N–H and O–H groups in total. The molecule has 2 aliphatic rings. The Kier molecular flexibility index (Phi) is 4.99. The molecular formula is C25H27N3O2. The van der Waals surface area contributed by atoms with E-state index in [1.165, 1.54) is 6.42 Å². The topological polar surface area (TPSA) is 55.3 Å². The molecule has 1 aromatic carbocycles. The Balaban J connectivity index is 1.54. The number of hydrogen-bond donors (Lipinski definition) is 0. The van der Waals surface area contributed by atoms with Crippen LogP contribution in [0.2, 0.25) is 0 Å². The molecule has 1 aliphatic heterocycles. The number of fused-ring (bicyclic) bond motifs is 1. The maximum atomic E-state index is 13.8. The molecule has 3 aromatic rings. The van der Waals surface area contributed by atoms with Crippen molar-refractivity contribution >= 4 is 16.8 Å². The molecule has 5 nitrogen and oxygen atoms in total. The third-order valence-corrected chi connectivity index (χ3v) is 6.91. The van der Waals surface area contributed by atoms with Crippen molar-refractivity contribution in [2.45, 2.75) is 38.2 Å². The van der Waals surface area contributed by atoms with Gasteiger partial charge in [-0.05, 0) is 49.9 Å². The summed E-state index contributed by atoms with van der Waals surface area (Å²) in [5.41, 5.74) is 3.38. The average molecular weight is 402 g/mol. The maximum Gasteiger partial charge on any atom is 0.254 e. The van der Waals surface area contributed by atoms with Crippen molar-refractivity contribution < 1.29 is 9.53 Å². The molecule has 1 saturated heterocycles. The van der Waals surface area contributed by atoms with E-state index in [-0.39, 0.29) is 17.4 Å². The number of benzene rings is 1. The van der Waals surface area contributed by atoms with Crippen molar-refractivity contribution in [3.8, 4) is 11.3 Å². The van der Waals surface area contributed by atoms with E-state index in [0.717, 1.165) is 66.5 Å². The lowest BCUT2D eigenvalue weighted by Gasteiger charge is -2.43. The summed E-state index contributed by atoms with van der Waals surface area (Å²) in [5, 5.41) is 0.907. The minimum atomic E-state index is 0.0968. The predicted molar refractivity (Wildman–Crippen MR) is 117 cm³/mol. The number of para-hydroxylation sites is 1. The molecule has 5 rings (SSSR count). The predicted octanol–water partition coefficient (Wildman–Crippen LogP) is 4.72. The Bertz CT molecular complexity index is 1070. The van der Waals surface area contributed by atoms with Crippen LogP contribution in [0.3, 0.4) is 0 Å². The quantitative estimate of drug-likeness (QED) is 0.637. The zero-order chi connectivity index (χ0) is 20.6. The van der Waals surface area contributed by atoms with E-state index in [1.807, 2.05) is 49.6 Å². The molecule has 30 heavy (non-hydrogen) atoms. The Morgan fingerprint density at radius 2 is 2.03 bits per heavy atom. The van der Waals surface area contributed by atoms with Crippen LogP contribution in [-0.4, -0.2) is 47.1 Å². The number of pyridine rings is 2. The van der Waals surface area contributed by atoms with Crippen LogP contribution in [0.15, 0.2) is 54.9 Å². The van der Waals surface area contributed by atoms with Gasteiger partial charge in [-0.15, -0.1) is 0 Å². The standard InChI is InChI=1S/C25H27N3O2/c1-30-23-10-4-11-25(23)12-6-14-28(17-25)24(29)20-15-22(18-7-5-13-26-16-18)27-21-9-3-2-8-19(20)21/h2-3,5,7-9,13,15-16,23H,4,6,10-12,14,17H2,1H3/t23-,25+/m1/s1. The first-order valence-electron chi connectivity index (χ1n) is 10.8. The molecule has 1 amide bonds. The number of likely N-dealkylation sites (tertiary alicyclic amines) is 1. The molecule has 1 saturated carbocycles. The summed E-state index contributed by atoms with van der Waals surface area (Å²) in [6.45, 7) is 1.58. The fourth-order valence-electron chi connectivity index (χ4n) is 5.46. The highest BCUT2D eigenvalue weighted by molar-refractivity contribution is 6.07. The van der Waals surface area contributed by atoms with Crippen molar-refractivity contribution in [1.29, 1.82) is 0 Å². The van der Waals surface area contributed by atoms with Crippen LogP contribution in [0.4, 0.5) is 0 Å². The highest BCUT2D eigenvalue weighted by atomic mass is 16.5. The number of ether oxygens (including phenoxy) is 1. The van der Waals surface area contributed by atoms with Crippen molar-refractivity contribution in [2.24, 2.45) is 5.41 Å². The Morgan fingerprint density at radius 1 is 1.17 bits per heavy atom. The molecule has 2 fully saturated rings. The van der Waals surface area contributed by atoms with Crippen LogP contribution in [0.25, 0.3) is 22.2 Å². The van der Waals surface area contributed by atoms with E-state index in [9.17, 15) is 4.79 Å². The van der Waals surface area contributed by atoms with E-state index >= 15 is 0 Å². The summed E-state index contributed by atoms with van der Waals surface area (Å²) in [6.07, 6.45) is 9.41. The Morgan fingerprint density at radius 3 is 2.87 bits per heavy atom. The number of methoxy groups -OCH3 is 1. The van der Waals surface area contributed by atoms with Gasteiger partial charge in [-0.3, -0.25) is 9.78 Å². The van der Waals surface area contributed by atoms with Crippen LogP contribution in [0, 0.1) is 5.41 Å². The summed E-state index contributed by atoms with van der Waals surface area (Å²) in [6, 6.07) is 13.7. The lowest BCUT2D eigenvalue weighted by molar-refractivity contribution is -0.0295. The van der Waals surface area contributed by atoms with Gasteiger partial charge in [0.1, 0.15) is 0 Å². The summed E-state index contributed by atoms with van der Waals surface area (Å²) >= 11 is 0. The second-order valence-electron chi connectivity index (χ2n) is 8.62. The number of rotatable bonds is 3. The van der Waals surface area contributed by atoms with E-state index in [0.29, 0.717) is 0 Å². The number of piperidine rings is 1. The average Bonchev–Trinajstić information content (AvgIpc) is 3.19. The number of carbonyl (C=O) groups excluding carboxylic acids is 1. The van der Waals surface area contributed by atoms with Crippen molar-refractivity contribution in [2.75, 3.05) is 20.2 Å². The first-order valence-corrected chi connectivity index (χ1v) is 10.8. The third-order valence-electron chi connectivity index (χ3n) is 6.91. The van der Waals surface area contributed by atoms with Crippen molar-refractivity contribution in [3.05, 3.63) is 60.4 Å². The minimum absolute atomic E-state index is 0.0968. The van der Waals surface area contributed by atoms with Crippen molar-refractivity contribution in [1.82, 2.24) is 14.9 Å². The molecular weight excluding hydrogens is 374 g/mol. The lowest BCUT2D eigenvalue weighted by atomic mass is 9.76. The smallest absolute Gasteiger partial charge is 0.254 e. The molecule has 0 bridgehead atoms. The van der Waals surface area contributed by atoms with Gasteiger partial charge in [0, 0.05) is 49.0 Å². The summed E-state index contributed by atoms with van der Waals surface area (Å²) in [7, 11) is 1.81. The van der Waals surface area contributed by atoms with E-state index in [1.54, 1.807) is 12.4 Å². The van der Waals surface area contributed by atoms with Gasteiger partial charge in [0.25, 0.3) is 5.91 Å². The number of hydrogen-bond acceptors (Lipinski definition) is 4. The molecule has 1 spiro atoms. The van der Waals surface area contributed by atoms with E-state index in [2.05, 4.69) is 9.88 Å². The number of aromatic nitrogens is 2. The largest absolute Gasteiger partial charge is 0.381 e. The normalized spacial score (nSPS) is 23.9. The molecule has 154 valence electrons. The molecule has 2 atom stereocenters. The van der Waals surface area contributed by atoms with Gasteiger partial charge in [0.15, 0.2) is 0 Å². The zero-order valence-corrected chi connectivity index (χ0v) is 17.4. The molecule has 1 aliphatic carbocycles. The fraction of sp³-hybridized carbons (Fsp3) is 0.400. The van der Waals surface area contributed by atoms with Crippen molar-refractivity contribution in [3.63, 3.8) is 0 Å². The van der Waals surface area contributed by atoms with Gasteiger partial charge in [-0.1, -0.05) is 24.6 Å². The third kappa shape index (κ3) is 3.27. The summed E-state index contributed by atoms with van der Waals surface area (Å²) < 4.78 is 5.83. The molecule has 0 unspecified atom stereocenters. The zero-order valence-electron chi connectivity index (χ0n) is 17.4. The highest BCUT2D eigenvalue weighted by Gasteiger charge is 2.46. The van der Waals surface area contributed by atoms with Crippen LogP contribution >= 0.6 is 0 Å². The molecule has 3 heterocycles. The molecule has 0 radical (unpaired) electrons. The van der Waals surface area contributed by atoms with E-state index in [4.69, 9.17) is 9.72 Å². The lowest BCUT2D eigenvalue weighted by Crippen LogP contribution is -2.49. The van der Waals surface area contributed by atoms with Gasteiger partial charge < -0.3 is 9.64 Å². The number of nitrogens with zero attached hydrogens (tertiary/aromatic N) is 3. The van der Waals surface area contributed by atoms with Gasteiger partial charge in [0.05, 0.1) is 22.9 Å². The van der Waals surface area contributed by atoms with Crippen LogP contribution in [0.5, 0.6) is 0 Å². The van der Waals surface area contributed by atoms with Gasteiger partial charge in [-0.2, -0.15) is 0 Å². The SMILES string of the molecule is CO[C@@H]1CCC[C@@]12CCCN(C(=O)c1cc(-c3cccnc3)nc3ccccc13)C2. The molecule has 2 aromatic heterocycles. The minimum Gasteiger partial charge on any atom is -0.381 e.